The fraction of sp³-hybridized carbons (Fsp3) is 0. The maximum Gasteiger partial charge on any atom is 0.377 e. The van der Waals surface area contributed by atoms with Gasteiger partial charge in [0.15, 0.2) is 0 Å². The van der Waals surface area contributed by atoms with E-state index in [0.29, 0.717) is 0 Å². The van der Waals surface area contributed by atoms with Gasteiger partial charge in [-0.15, -0.1) is 0 Å². The summed E-state index contributed by atoms with van der Waals surface area (Å²) in [4.78, 5) is 20.9. The van der Waals surface area contributed by atoms with Crippen LogP contribution in [0.3, 0.4) is 0 Å². The number of carboxylic acids is 1. The second kappa shape index (κ2) is 2.96. The molecule has 3 heteroatoms. The predicted octanol–water partition coefficient (Wildman–Crippen LogP) is 0.954. The summed E-state index contributed by atoms with van der Waals surface area (Å²) in [6.07, 6.45) is 0. The van der Waals surface area contributed by atoms with Gasteiger partial charge >= 0.3 is 5.97 Å². The van der Waals surface area contributed by atoms with Crippen LogP contribution in [-0.2, 0) is 4.79 Å². The van der Waals surface area contributed by atoms with E-state index in [1.54, 1.807) is 18.2 Å². The van der Waals surface area contributed by atoms with Crippen LogP contribution in [-0.4, -0.2) is 16.9 Å². The van der Waals surface area contributed by atoms with Crippen LogP contribution in [0.15, 0.2) is 30.3 Å². The Morgan fingerprint density at radius 2 is 1.64 bits per heavy atom. The lowest BCUT2D eigenvalue weighted by Gasteiger charge is -1.91. The molecule has 0 spiro atoms. The summed E-state index contributed by atoms with van der Waals surface area (Å²) in [6.45, 7) is 0. The number of carboxylic acid groups (broad SMARTS) is 1. The zero-order valence-electron chi connectivity index (χ0n) is 5.65. The first kappa shape index (κ1) is 7.47. The molecule has 1 N–H and O–H groups in total. The Morgan fingerprint density at radius 3 is 2.09 bits per heavy atom. The molecule has 1 aromatic carbocycles. The molecule has 0 unspecified atom stereocenters. The third kappa shape index (κ3) is 1.64. The first-order chi connectivity index (χ1) is 5.22. The van der Waals surface area contributed by atoms with Gasteiger partial charge in [-0.2, -0.15) is 0 Å². The van der Waals surface area contributed by atoms with Crippen LogP contribution in [0.25, 0.3) is 0 Å². The normalized spacial score (nSPS) is 9.09. The Hall–Kier alpha value is -1.64. The van der Waals surface area contributed by atoms with Gasteiger partial charge in [0.2, 0.25) is 0 Å². The molecule has 56 valence electrons. The molecule has 1 rings (SSSR count). The van der Waals surface area contributed by atoms with Crippen molar-refractivity contribution in [3.05, 3.63) is 35.9 Å². The van der Waals surface area contributed by atoms with E-state index in [9.17, 15) is 9.59 Å². The fourth-order valence-corrected chi connectivity index (χ4v) is 0.713. The summed E-state index contributed by atoms with van der Waals surface area (Å²) in [7, 11) is 0. The zero-order chi connectivity index (χ0) is 8.27. The highest BCUT2D eigenvalue weighted by Gasteiger charge is 2.12. The summed E-state index contributed by atoms with van der Waals surface area (Å²) in [5, 5.41) is 8.29. The zero-order valence-corrected chi connectivity index (χ0v) is 5.65. The summed E-state index contributed by atoms with van der Waals surface area (Å²) in [5.74, 6) is -2.29. The van der Waals surface area contributed by atoms with Crippen LogP contribution >= 0.6 is 0 Å². The molecule has 0 atom stereocenters. The van der Waals surface area contributed by atoms with Gasteiger partial charge in [-0.3, -0.25) is 4.79 Å². The second-order valence-electron chi connectivity index (χ2n) is 2.00. The van der Waals surface area contributed by atoms with Crippen molar-refractivity contribution in [2.24, 2.45) is 0 Å². The van der Waals surface area contributed by atoms with Gasteiger partial charge in [0.1, 0.15) is 0 Å². The van der Waals surface area contributed by atoms with Crippen molar-refractivity contribution in [1.29, 1.82) is 0 Å². The van der Waals surface area contributed by atoms with Crippen LogP contribution < -0.4 is 0 Å². The molecule has 0 amide bonds. The Kier molecular flexibility index (Phi) is 2.01. The SMILES string of the molecule is O=[13C](O)[13C](=O)[13c]1[13cH][13cH][13cH][13cH][13cH]1. The van der Waals surface area contributed by atoms with E-state index in [2.05, 4.69) is 0 Å². The minimum atomic E-state index is -1.42. The van der Waals surface area contributed by atoms with E-state index in [0.717, 1.165) is 0 Å². The monoisotopic (exact) mass is 158 g/mol. The highest BCUT2D eigenvalue weighted by molar-refractivity contribution is 6.39. The molecular formula is C8H6O3. The van der Waals surface area contributed by atoms with E-state index >= 15 is 0 Å². The maximum atomic E-state index is 10.7. The standard InChI is InChI=1S/C8H6O3/c9-7(8(10)11)6-4-2-1-3-5-6/h1-5H,(H,10,11)/i1+1,2+1,3+1,4+1,5+1,6+1,7+1,8+1. The number of hydrogen-bond donors (Lipinski definition) is 1. The molecule has 0 fully saturated rings. The average Bonchev–Trinajstić information content (AvgIpc) is 2.05. The van der Waals surface area contributed by atoms with Crippen LogP contribution in [0.2, 0.25) is 0 Å². The second-order valence-corrected chi connectivity index (χ2v) is 2.00. The highest BCUT2D eigenvalue weighted by atomic mass is 16.5. The number of carbonyl (C=O) groups excluding carboxylic acids is 1. The van der Waals surface area contributed by atoms with Crippen molar-refractivity contribution in [2.75, 3.05) is 0 Å². The van der Waals surface area contributed by atoms with Crippen molar-refractivity contribution in [3.63, 3.8) is 0 Å². The van der Waals surface area contributed by atoms with Crippen LogP contribution in [0.4, 0.5) is 0 Å². The topological polar surface area (TPSA) is 54.4 Å². The van der Waals surface area contributed by atoms with Crippen molar-refractivity contribution in [1.82, 2.24) is 0 Å². The molecule has 0 aliphatic heterocycles. The van der Waals surface area contributed by atoms with Gasteiger partial charge in [0.25, 0.3) is 5.78 Å². The summed E-state index contributed by atoms with van der Waals surface area (Å²) < 4.78 is 0. The van der Waals surface area contributed by atoms with Crippen molar-refractivity contribution < 1.29 is 14.7 Å². The van der Waals surface area contributed by atoms with E-state index < -0.39 is 11.8 Å². The van der Waals surface area contributed by atoms with Gasteiger partial charge in [-0.05, 0) is 0 Å². The molecule has 0 saturated carbocycles. The predicted molar refractivity (Wildman–Crippen MR) is 38.4 cm³/mol. The quantitative estimate of drug-likeness (QED) is 0.396. The number of Topliss-reactive ketones (excluding diaryl/α,β-unsaturated/α-hetero) is 1. The summed E-state index contributed by atoms with van der Waals surface area (Å²) >= 11 is 0. The number of rotatable bonds is 2. The minimum Gasteiger partial charge on any atom is -0.475 e. The summed E-state index contributed by atoms with van der Waals surface area (Å²) in [6, 6.07) is 7.90. The largest absolute Gasteiger partial charge is 0.475 e. The number of ketones is 1. The molecule has 0 aromatic heterocycles. The Morgan fingerprint density at radius 1 is 1.09 bits per heavy atom. The van der Waals surface area contributed by atoms with Gasteiger partial charge in [0, 0.05) is 5.56 Å². The van der Waals surface area contributed by atoms with E-state index in [-0.39, 0.29) is 5.56 Å². The third-order valence-electron chi connectivity index (χ3n) is 1.23. The molecule has 0 aliphatic rings. The van der Waals surface area contributed by atoms with Gasteiger partial charge in [0.05, 0.1) is 0 Å². The Balaban J connectivity index is 2.95. The molecule has 0 radical (unpaired) electrons. The number of aliphatic carboxylic acids is 1. The van der Waals surface area contributed by atoms with Crippen molar-refractivity contribution >= 4 is 11.8 Å². The molecule has 0 saturated heterocycles. The molecule has 0 aliphatic carbocycles. The number of benzene rings is 1. The number of carbonyl (C=O) groups is 2. The molecule has 0 bridgehead atoms. The number of hydrogen-bond acceptors (Lipinski definition) is 2. The van der Waals surface area contributed by atoms with Gasteiger partial charge in [-0.25, -0.2) is 4.79 Å². The molecule has 1 aromatic rings. The first-order valence-corrected chi connectivity index (χ1v) is 3.04. The van der Waals surface area contributed by atoms with Crippen molar-refractivity contribution in [2.45, 2.75) is 0 Å². The maximum absolute atomic E-state index is 10.7. The fourth-order valence-electron chi connectivity index (χ4n) is 0.713. The Labute approximate surface area is 63.3 Å². The van der Waals surface area contributed by atoms with E-state index in [1.807, 2.05) is 0 Å². The minimum absolute atomic E-state index is 0.208. The molecule has 0 heterocycles. The Bertz CT molecular complexity index is 277. The lowest BCUT2D eigenvalue weighted by atomic mass is 11.1. The molecule has 11 heavy (non-hydrogen) atoms. The highest BCUT2D eigenvalue weighted by Crippen LogP contribution is 1.98. The van der Waals surface area contributed by atoms with Crippen LogP contribution in [0, 0.1) is 0 Å². The van der Waals surface area contributed by atoms with E-state index in [4.69, 9.17) is 5.11 Å². The average molecular weight is 158 g/mol. The lowest BCUT2D eigenvalue weighted by molar-refractivity contribution is -0.131. The first-order valence-electron chi connectivity index (χ1n) is 3.04. The molecular weight excluding hydrogens is 152 g/mol. The van der Waals surface area contributed by atoms with Gasteiger partial charge < -0.3 is 5.11 Å². The smallest absolute Gasteiger partial charge is 0.377 e. The van der Waals surface area contributed by atoms with Gasteiger partial charge in [-0.1, -0.05) is 30.3 Å². The molecule has 3 nitrogen and oxygen atoms in total. The lowest BCUT2D eigenvalue weighted by Crippen LogP contribution is -2.12. The third-order valence-corrected chi connectivity index (χ3v) is 1.23. The van der Waals surface area contributed by atoms with Crippen LogP contribution in [0.1, 0.15) is 10.4 Å². The van der Waals surface area contributed by atoms with Crippen LogP contribution in [0.5, 0.6) is 0 Å². The van der Waals surface area contributed by atoms with Crippen molar-refractivity contribution in [3.8, 4) is 0 Å². The van der Waals surface area contributed by atoms with E-state index in [1.165, 1.54) is 12.1 Å². The summed E-state index contributed by atoms with van der Waals surface area (Å²) in [5.41, 5.74) is 0.208.